The first kappa shape index (κ1) is 20.3. The van der Waals surface area contributed by atoms with Gasteiger partial charge in [0.25, 0.3) is 5.91 Å². The number of hydrogen-bond acceptors (Lipinski definition) is 4. The van der Waals surface area contributed by atoms with E-state index in [4.69, 9.17) is 4.74 Å². The molecule has 0 aliphatic carbocycles. The number of carbonyl (C=O) groups is 2. The predicted molar refractivity (Wildman–Crippen MR) is 121 cm³/mol. The second-order valence-electron chi connectivity index (χ2n) is 7.48. The molecular formula is C25H23N3O3. The molecule has 4 aromatic rings. The number of para-hydroxylation sites is 1. The van der Waals surface area contributed by atoms with Crippen molar-refractivity contribution in [3.8, 4) is 5.69 Å². The standard InChI is InChI=1S/C25H23N3O3/c1-16-9-10-17(2)21(13-16)27-24(29)15-31-25(30)19-11-12-23-22(14-19)26-18(3)28(23)20-7-5-4-6-8-20/h4-14H,15H2,1-3H3,(H,27,29). The first-order valence-corrected chi connectivity index (χ1v) is 10.0. The van der Waals surface area contributed by atoms with Crippen LogP contribution in [0.2, 0.25) is 0 Å². The van der Waals surface area contributed by atoms with E-state index >= 15 is 0 Å². The van der Waals surface area contributed by atoms with Crippen molar-refractivity contribution >= 4 is 28.6 Å². The molecular weight excluding hydrogens is 390 g/mol. The van der Waals surface area contributed by atoms with E-state index in [1.165, 1.54) is 0 Å². The maximum absolute atomic E-state index is 12.5. The number of nitrogens with zero attached hydrogens (tertiary/aromatic N) is 2. The van der Waals surface area contributed by atoms with Crippen molar-refractivity contribution in [1.29, 1.82) is 0 Å². The third kappa shape index (κ3) is 4.33. The van der Waals surface area contributed by atoms with Crippen LogP contribution in [0.5, 0.6) is 0 Å². The molecule has 0 fully saturated rings. The average molecular weight is 413 g/mol. The van der Waals surface area contributed by atoms with E-state index in [-0.39, 0.29) is 12.5 Å². The summed E-state index contributed by atoms with van der Waals surface area (Å²) in [4.78, 5) is 29.3. The molecule has 0 radical (unpaired) electrons. The quantitative estimate of drug-likeness (QED) is 0.480. The van der Waals surface area contributed by atoms with Gasteiger partial charge in [0.05, 0.1) is 16.6 Å². The van der Waals surface area contributed by atoms with Gasteiger partial charge in [0.1, 0.15) is 5.82 Å². The van der Waals surface area contributed by atoms with Crippen LogP contribution >= 0.6 is 0 Å². The van der Waals surface area contributed by atoms with Crippen LogP contribution in [-0.4, -0.2) is 28.0 Å². The van der Waals surface area contributed by atoms with Gasteiger partial charge < -0.3 is 10.1 Å². The number of rotatable bonds is 5. The molecule has 0 saturated carbocycles. The van der Waals surface area contributed by atoms with Crippen molar-refractivity contribution in [3.63, 3.8) is 0 Å². The summed E-state index contributed by atoms with van der Waals surface area (Å²) in [5.41, 5.74) is 5.63. The molecule has 0 aliphatic rings. The molecule has 4 rings (SSSR count). The second-order valence-corrected chi connectivity index (χ2v) is 7.48. The largest absolute Gasteiger partial charge is 0.452 e. The normalized spacial score (nSPS) is 10.8. The number of benzene rings is 3. The number of nitrogens with one attached hydrogen (secondary N) is 1. The van der Waals surface area contributed by atoms with Crippen LogP contribution in [0.3, 0.4) is 0 Å². The molecule has 6 nitrogen and oxygen atoms in total. The zero-order chi connectivity index (χ0) is 22.0. The van der Waals surface area contributed by atoms with Gasteiger partial charge in [0, 0.05) is 11.4 Å². The summed E-state index contributed by atoms with van der Waals surface area (Å²) in [5, 5.41) is 2.78. The molecule has 6 heteroatoms. The Morgan fingerprint density at radius 3 is 2.52 bits per heavy atom. The van der Waals surface area contributed by atoms with Crippen molar-refractivity contribution in [2.45, 2.75) is 20.8 Å². The highest BCUT2D eigenvalue weighted by atomic mass is 16.5. The Morgan fingerprint density at radius 2 is 1.74 bits per heavy atom. The fourth-order valence-corrected chi connectivity index (χ4v) is 3.50. The molecule has 1 aromatic heterocycles. The lowest BCUT2D eigenvalue weighted by atomic mass is 10.1. The Hall–Kier alpha value is -3.93. The maximum Gasteiger partial charge on any atom is 0.338 e. The smallest absolute Gasteiger partial charge is 0.338 e. The highest BCUT2D eigenvalue weighted by Gasteiger charge is 2.15. The number of esters is 1. The van der Waals surface area contributed by atoms with Crippen LogP contribution in [0, 0.1) is 20.8 Å². The van der Waals surface area contributed by atoms with E-state index in [1.807, 2.05) is 79.9 Å². The molecule has 3 aromatic carbocycles. The number of amides is 1. The number of ether oxygens (including phenoxy) is 1. The number of anilines is 1. The average Bonchev–Trinajstić information content (AvgIpc) is 3.10. The Kier molecular flexibility index (Phi) is 5.54. The van der Waals surface area contributed by atoms with E-state index in [9.17, 15) is 9.59 Å². The highest BCUT2D eigenvalue weighted by Crippen LogP contribution is 2.22. The van der Waals surface area contributed by atoms with E-state index in [1.54, 1.807) is 12.1 Å². The molecule has 1 amide bonds. The van der Waals surface area contributed by atoms with E-state index < -0.39 is 5.97 Å². The summed E-state index contributed by atoms with van der Waals surface area (Å²) in [6.07, 6.45) is 0. The molecule has 156 valence electrons. The number of carbonyl (C=O) groups excluding carboxylic acids is 2. The monoisotopic (exact) mass is 413 g/mol. The summed E-state index contributed by atoms with van der Waals surface area (Å²) in [7, 11) is 0. The zero-order valence-electron chi connectivity index (χ0n) is 17.7. The van der Waals surface area contributed by atoms with E-state index in [2.05, 4.69) is 10.3 Å². The van der Waals surface area contributed by atoms with Gasteiger partial charge in [-0.1, -0.05) is 30.3 Å². The van der Waals surface area contributed by atoms with Crippen LogP contribution in [0.15, 0.2) is 66.7 Å². The van der Waals surface area contributed by atoms with Crippen LogP contribution in [0.25, 0.3) is 16.7 Å². The molecule has 31 heavy (non-hydrogen) atoms. The molecule has 1 N–H and O–H groups in total. The van der Waals surface area contributed by atoms with Crippen LogP contribution in [0.1, 0.15) is 27.3 Å². The number of aryl methyl sites for hydroxylation is 3. The zero-order valence-corrected chi connectivity index (χ0v) is 17.7. The lowest BCUT2D eigenvalue weighted by Crippen LogP contribution is -2.21. The fraction of sp³-hybridized carbons (Fsp3) is 0.160. The molecule has 1 heterocycles. The topological polar surface area (TPSA) is 73.2 Å². The molecule has 0 bridgehead atoms. The van der Waals surface area contributed by atoms with Gasteiger partial charge in [-0.15, -0.1) is 0 Å². The third-order valence-corrected chi connectivity index (χ3v) is 5.07. The van der Waals surface area contributed by atoms with E-state index in [0.717, 1.165) is 28.2 Å². The Labute approximate surface area is 180 Å². The SMILES string of the molecule is Cc1ccc(C)c(NC(=O)COC(=O)c2ccc3c(c2)nc(C)n3-c2ccccc2)c1. The Morgan fingerprint density at radius 1 is 0.968 bits per heavy atom. The fourth-order valence-electron chi connectivity index (χ4n) is 3.50. The first-order chi connectivity index (χ1) is 14.9. The lowest BCUT2D eigenvalue weighted by Gasteiger charge is -2.10. The summed E-state index contributed by atoms with van der Waals surface area (Å²) in [5.74, 6) is -0.128. The van der Waals surface area contributed by atoms with Gasteiger partial charge in [0.2, 0.25) is 0 Å². The van der Waals surface area contributed by atoms with Gasteiger partial charge in [-0.3, -0.25) is 9.36 Å². The molecule has 0 unspecified atom stereocenters. The van der Waals surface area contributed by atoms with Gasteiger partial charge in [-0.25, -0.2) is 9.78 Å². The lowest BCUT2D eigenvalue weighted by molar-refractivity contribution is -0.119. The predicted octanol–water partition coefficient (Wildman–Crippen LogP) is 4.75. The van der Waals surface area contributed by atoms with Gasteiger partial charge in [-0.05, 0) is 68.3 Å². The summed E-state index contributed by atoms with van der Waals surface area (Å²) >= 11 is 0. The van der Waals surface area contributed by atoms with E-state index in [0.29, 0.717) is 16.8 Å². The Balaban J connectivity index is 1.47. The van der Waals surface area contributed by atoms with Crippen molar-refractivity contribution in [1.82, 2.24) is 9.55 Å². The number of fused-ring (bicyclic) bond motifs is 1. The minimum atomic E-state index is -0.565. The number of imidazole rings is 1. The van der Waals surface area contributed by atoms with Crippen LogP contribution in [-0.2, 0) is 9.53 Å². The van der Waals surface area contributed by atoms with Gasteiger partial charge in [0.15, 0.2) is 6.61 Å². The molecule has 0 atom stereocenters. The summed E-state index contributed by atoms with van der Waals surface area (Å²) in [6.45, 7) is 5.42. The molecule has 0 spiro atoms. The van der Waals surface area contributed by atoms with Gasteiger partial charge in [-0.2, -0.15) is 0 Å². The second kappa shape index (κ2) is 8.44. The van der Waals surface area contributed by atoms with Crippen molar-refractivity contribution in [2.75, 3.05) is 11.9 Å². The third-order valence-electron chi connectivity index (χ3n) is 5.07. The number of aromatic nitrogens is 2. The first-order valence-electron chi connectivity index (χ1n) is 10.0. The van der Waals surface area contributed by atoms with Crippen molar-refractivity contribution < 1.29 is 14.3 Å². The van der Waals surface area contributed by atoms with Crippen molar-refractivity contribution in [3.05, 3.63) is 89.2 Å². The van der Waals surface area contributed by atoms with Crippen molar-refractivity contribution in [2.24, 2.45) is 0 Å². The minimum absolute atomic E-state index is 0.352. The van der Waals surface area contributed by atoms with Gasteiger partial charge >= 0.3 is 5.97 Å². The Bertz CT molecular complexity index is 1280. The molecule has 0 aliphatic heterocycles. The highest BCUT2D eigenvalue weighted by molar-refractivity contribution is 5.97. The summed E-state index contributed by atoms with van der Waals surface area (Å²) in [6, 6.07) is 20.9. The van der Waals surface area contributed by atoms with Crippen LogP contribution in [0.4, 0.5) is 5.69 Å². The maximum atomic E-state index is 12.5. The summed E-state index contributed by atoms with van der Waals surface area (Å²) < 4.78 is 7.25. The minimum Gasteiger partial charge on any atom is -0.452 e. The molecule has 0 saturated heterocycles. The number of hydrogen-bond donors (Lipinski definition) is 1. The van der Waals surface area contributed by atoms with Crippen LogP contribution < -0.4 is 5.32 Å².